The third kappa shape index (κ3) is 2.59. The van der Waals surface area contributed by atoms with E-state index in [0.717, 1.165) is 5.69 Å². The molecule has 90 valence electrons. The van der Waals surface area contributed by atoms with Crippen molar-refractivity contribution in [1.29, 1.82) is 0 Å². The van der Waals surface area contributed by atoms with Crippen molar-refractivity contribution < 1.29 is 15.0 Å². The number of hydrogen-bond acceptors (Lipinski definition) is 4. The van der Waals surface area contributed by atoms with Crippen LogP contribution in [0.1, 0.15) is 16.1 Å². The molecule has 16 heavy (non-hydrogen) atoms. The molecule has 1 heterocycles. The molecule has 0 bridgehead atoms. The van der Waals surface area contributed by atoms with E-state index in [0.29, 0.717) is 5.56 Å². The van der Waals surface area contributed by atoms with Gasteiger partial charge in [0.1, 0.15) is 0 Å². The van der Waals surface area contributed by atoms with Gasteiger partial charge in [-0.25, -0.2) is 0 Å². The first-order valence-electron chi connectivity index (χ1n) is 5.11. The fraction of sp³-hybridized carbons (Fsp3) is 0.600. The van der Waals surface area contributed by atoms with Crippen LogP contribution in [0.15, 0.2) is 6.20 Å². The molecule has 1 rings (SSSR count). The summed E-state index contributed by atoms with van der Waals surface area (Å²) in [5, 5.41) is 21.7. The van der Waals surface area contributed by atoms with Gasteiger partial charge in [-0.3, -0.25) is 9.48 Å². The number of rotatable bonds is 5. The third-order valence-electron chi connectivity index (χ3n) is 2.49. The van der Waals surface area contributed by atoms with Crippen LogP contribution in [-0.4, -0.2) is 57.1 Å². The maximum Gasteiger partial charge on any atom is 0.257 e. The van der Waals surface area contributed by atoms with Crippen molar-refractivity contribution in [3.8, 4) is 0 Å². The monoisotopic (exact) mass is 227 g/mol. The number of aliphatic hydroxyl groups is 2. The molecule has 0 radical (unpaired) electrons. The molecule has 1 aromatic rings. The highest BCUT2D eigenvalue weighted by Crippen LogP contribution is 2.09. The Labute approximate surface area is 94.1 Å². The minimum atomic E-state index is -0.214. The summed E-state index contributed by atoms with van der Waals surface area (Å²) in [5.41, 5.74) is 1.27. The van der Waals surface area contributed by atoms with Crippen molar-refractivity contribution in [3.05, 3.63) is 17.5 Å². The highest BCUT2D eigenvalue weighted by atomic mass is 16.3. The van der Waals surface area contributed by atoms with E-state index in [-0.39, 0.29) is 32.2 Å². The average Bonchev–Trinajstić information content (AvgIpc) is 2.59. The number of nitrogens with zero attached hydrogens (tertiary/aromatic N) is 3. The van der Waals surface area contributed by atoms with Crippen LogP contribution in [0.2, 0.25) is 0 Å². The number of hydrogen-bond donors (Lipinski definition) is 2. The van der Waals surface area contributed by atoms with E-state index in [1.807, 2.05) is 0 Å². The van der Waals surface area contributed by atoms with Crippen LogP contribution >= 0.6 is 0 Å². The Morgan fingerprint density at radius 1 is 1.44 bits per heavy atom. The van der Waals surface area contributed by atoms with E-state index in [2.05, 4.69) is 5.10 Å². The van der Waals surface area contributed by atoms with Crippen LogP contribution < -0.4 is 0 Å². The van der Waals surface area contributed by atoms with Crippen molar-refractivity contribution in [2.45, 2.75) is 6.92 Å². The van der Waals surface area contributed by atoms with Crippen molar-refractivity contribution in [3.63, 3.8) is 0 Å². The number of aryl methyl sites for hydroxylation is 1. The van der Waals surface area contributed by atoms with Gasteiger partial charge in [-0.15, -0.1) is 0 Å². The number of aliphatic hydroxyl groups excluding tert-OH is 2. The van der Waals surface area contributed by atoms with Crippen molar-refractivity contribution in [2.24, 2.45) is 7.05 Å². The molecule has 6 heteroatoms. The van der Waals surface area contributed by atoms with E-state index >= 15 is 0 Å². The summed E-state index contributed by atoms with van der Waals surface area (Å²) >= 11 is 0. The van der Waals surface area contributed by atoms with Crippen LogP contribution in [-0.2, 0) is 7.05 Å². The molecular weight excluding hydrogens is 210 g/mol. The zero-order valence-electron chi connectivity index (χ0n) is 9.55. The lowest BCUT2D eigenvalue weighted by Gasteiger charge is -2.20. The molecule has 0 saturated carbocycles. The smallest absolute Gasteiger partial charge is 0.257 e. The van der Waals surface area contributed by atoms with Crippen LogP contribution in [0.5, 0.6) is 0 Å². The zero-order valence-corrected chi connectivity index (χ0v) is 9.55. The molecule has 0 aliphatic rings. The third-order valence-corrected chi connectivity index (χ3v) is 2.49. The van der Waals surface area contributed by atoms with Gasteiger partial charge in [0.25, 0.3) is 5.91 Å². The minimum Gasteiger partial charge on any atom is -0.395 e. The second kappa shape index (κ2) is 5.62. The number of amides is 1. The van der Waals surface area contributed by atoms with Crippen molar-refractivity contribution in [1.82, 2.24) is 14.7 Å². The summed E-state index contributed by atoms with van der Waals surface area (Å²) in [6.07, 6.45) is 1.50. The first kappa shape index (κ1) is 12.7. The van der Waals surface area contributed by atoms with E-state index < -0.39 is 0 Å². The topological polar surface area (TPSA) is 78.6 Å². The normalized spacial score (nSPS) is 10.5. The molecule has 1 amide bonds. The van der Waals surface area contributed by atoms with Crippen LogP contribution in [0.3, 0.4) is 0 Å². The second-order valence-corrected chi connectivity index (χ2v) is 3.51. The summed E-state index contributed by atoms with van der Waals surface area (Å²) in [7, 11) is 1.76. The molecule has 0 aliphatic heterocycles. The zero-order chi connectivity index (χ0) is 12.1. The first-order valence-corrected chi connectivity index (χ1v) is 5.11. The van der Waals surface area contributed by atoms with Gasteiger partial charge in [0, 0.05) is 25.8 Å². The fourth-order valence-electron chi connectivity index (χ4n) is 1.44. The van der Waals surface area contributed by atoms with Gasteiger partial charge < -0.3 is 15.1 Å². The van der Waals surface area contributed by atoms with E-state index in [9.17, 15) is 4.79 Å². The number of aromatic nitrogens is 2. The lowest BCUT2D eigenvalue weighted by molar-refractivity contribution is 0.0684. The summed E-state index contributed by atoms with van der Waals surface area (Å²) in [6.45, 7) is 1.99. The molecule has 0 aromatic carbocycles. The number of carbonyl (C=O) groups excluding carboxylic acids is 1. The molecule has 6 nitrogen and oxygen atoms in total. The van der Waals surface area contributed by atoms with Crippen LogP contribution in [0, 0.1) is 6.92 Å². The highest BCUT2D eigenvalue weighted by Gasteiger charge is 2.18. The SMILES string of the molecule is Cc1c(C(=O)N(CCO)CCO)cnn1C. The molecule has 0 unspecified atom stereocenters. The largest absolute Gasteiger partial charge is 0.395 e. The molecule has 0 fully saturated rings. The lowest BCUT2D eigenvalue weighted by Crippen LogP contribution is -2.36. The summed E-state index contributed by atoms with van der Waals surface area (Å²) in [6, 6.07) is 0. The summed E-state index contributed by atoms with van der Waals surface area (Å²) in [4.78, 5) is 13.4. The Hall–Kier alpha value is -1.40. The second-order valence-electron chi connectivity index (χ2n) is 3.51. The summed E-state index contributed by atoms with van der Waals surface area (Å²) in [5.74, 6) is -0.214. The highest BCUT2D eigenvalue weighted by molar-refractivity contribution is 5.95. The molecule has 0 saturated heterocycles. The molecular formula is C10H17N3O3. The van der Waals surface area contributed by atoms with Gasteiger partial charge in [-0.1, -0.05) is 0 Å². The quantitative estimate of drug-likeness (QED) is 0.687. The Morgan fingerprint density at radius 2 is 2.00 bits per heavy atom. The predicted octanol–water partition coefficient (Wildman–Crippen LogP) is -0.845. The standard InChI is InChI=1S/C10H17N3O3/c1-8-9(7-11-12(8)2)10(16)13(3-5-14)4-6-15/h7,14-15H,3-6H2,1-2H3. The Balaban J connectivity index is 2.85. The van der Waals surface area contributed by atoms with Crippen molar-refractivity contribution >= 4 is 5.91 Å². The average molecular weight is 227 g/mol. The van der Waals surface area contributed by atoms with E-state index in [1.165, 1.54) is 11.1 Å². The van der Waals surface area contributed by atoms with Gasteiger partial charge in [-0.2, -0.15) is 5.10 Å². The Bertz CT molecular complexity index is 356. The molecule has 0 spiro atoms. The summed E-state index contributed by atoms with van der Waals surface area (Å²) < 4.78 is 1.61. The van der Waals surface area contributed by atoms with Crippen LogP contribution in [0.25, 0.3) is 0 Å². The van der Waals surface area contributed by atoms with Crippen LogP contribution in [0.4, 0.5) is 0 Å². The van der Waals surface area contributed by atoms with Gasteiger partial charge >= 0.3 is 0 Å². The maximum atomic E-state index is 12.0. The van der Waals surface area contributed by atoms with Gasteiger partial charge in [0.05, 0.1) is 25.0 Å². The molecule has 1 aromatic heterocycles. The first-order chi connectivity index (χ1) is 7.61. The molecule has 0 atom stereocenters. The minimum absolute atomic E-state index is 0.120. The molecule has 0 aliphatic carbocycles. The van der Waals surface area contributed by atoms with Gasteiger partial charge in [-0.05, 0) is 6.92 Å². The maximum absolute atomic E-state index is 12.0. The number of carbonyl (C=O) groups is 1. The van der Waals surface area contributed by atoms with Gasteiger partial charge in [0.15, 0.2) is 0 Å². The van der Waals surface area contributed by atoms with Crippen molar-refractivity contribution in [2.75, 3.05) is 26.3 Å². The van der Waals surface area contributed by atoms with E-state index in [4.69, 9.17) is 10.2 Å². The lowest BCUT2D eigenvalue weighted by atomic mass is 10.2. The molecule has 2 N–H and O–H groups in total. The fourth-order valence-corrected chi connectivity index (χ4v) is 1.44. The van der Waals surface area contributed by atoms with Gasteiger partial charge in [0.2, 0.25) is 0 Å². The van der Waals surface area contributed by atoms with E-state index in [1.54, 1.807) is 18.7 Å². The Morgan fingerprint density at radius 3 is 2.38 bits per heavy atom. The predicted molar refractivity (Wildman–Crippen MR) is 58.0 cm³/mol. The Kier molecular flexibility index (Phi) is 4.45.